The zero-order valence-electron chi connectivity index (χ0n) is 9.37. The predicted molar refractivity (Wildman–Crippen MR) is 61.6 cm³/mol. The number of aryl methyl sites for hydroxylation is 2. The first-order chi connectivity index (χ1) is 7.25. The fourth-order valence-corrected chi connectivity index (χ4v) is 2.16. The highest BCUT2D eigenvalue weighted by Gasteiger charge is 2.13. The molecule has 15 heavy (non-hydrogen) atoms. The highest BCUT2D eigenvalue weighted by Crippen LogP contribution is 2.13. The number of piperidine rings is 1. The predicted octanol–water partition coefficient (Wildman–Crippen LogP) is 1.08. The molecule has 0 spiro atoms. The Hall–Kier alpha value is -1.03. The van der Waals surface area contributed by atoms with E-state index < -0.39 is 0 Å². The lowest BCUT2D eigenvalue weighted by Crippen LogP contribution is -2.34. The summed E-state index contributed by atoms with van der Waals surface area (Å²) < 4.78 is 1.74. The van der Waals surface area contributed by atoms with Crippen molar-refractivity contribution in [3.8, 4) is 0 Å². The van der Waals surface area contributed by atoms with Crippen LogP contribution >= 0.6 is 0 Å². The molecule has 1 unspecified atom stereocenters. The maximum atomic E-state index is 5.73. The molecule has 2 rings (SSSR count). The molecule has 0 radical (unpaired) electrons. The quantitative estimate of drug-likeness (QED) is 0.781. The minimum atomic E-state index is 0.682. The van der Waals surface area contributed by atoms with Gasteiger partial charge in [-0.25, -0.2) is 0 Å². The van der Waals surface area contributed by atoms with Crippen LogP contribution in [0.3, 0.4) is 0 Å². The third kappa shape index (κ3) is 2.72. The van der Waals surface area contributed by atoms with Crippen molar-refractivity contribution in [3.05, 3.63) is 11.8 Å². The minimum absolute atomic E-state index is 0.682. The van der Waals surface area contributed by atoms with Crippen LogP contribution in [0.25, 0.3) is 0 Å². The molecule has 1 saturated heterocycles. The van der Waals surface area contributed by atoms with E-state index in [2.05, 4.69) is 10.4 Å². The molecule has 4 nitrogen and oxygen atoms in total. The first kappa shape index (κ1) is 10.5. The van der Waals surface area contributed by atoms with Crippen molar-refractivity contribution in [1.29, 1.82) is 0 Å². The summed E-state index contributed by atoms with van der Waals surface area (Å²) in [6, 6.07) is 2.66. The molecule has 1 aliphatic rings. The fraction of sp³-hybridized carbons (Fsp3) is 0.727. The SMILES string of the molecule is Cn1nc(CCC2CCCCN2)cc1N. The van der Waals surface area contributed by atoms with Crippen LogP contribution in [0.2, 0.25) is 0 Å². The van der Waals surface area contributed by atoms with E-state index in [1.165, 1.54) is 32.2 Å². The van der Waals surface area contributed by atoms with Crippen molar-refractivity contribution >= 4 is 5.82 Å². The second kappa shape index (κ2) is 4.66. The molecule has 0 aliphatic carbocycles. The van der Waals surface area contributed by atoms with Gasteiger partial charge in [0.25, 0.3) is 0 Å². The highest BCUT2D eigenvalue weighted by molar-refractivity contribution is 5.30. The zero-order valence-corrected chi connectivity index (χ0v) is 9.37. The summed E-state index contributed by atoms with van der Waals surface area (Å²) >= 11 is 0. The number of nitrogens with one attached hydrogen (secondary N) is 1. The van der Waals surface area contributed by atoms with E-state index >= 15 is 0 Å². The lowest BCUT2D eigenvalue weighted by Gasteiger charge is -2.22. The van der Waals surface area contributed by atoms with Gasteiger partial charge in [0.2, 0.25) is 0 Å². The van der Waals surface area contributed by atoms with Crippen LogP contribution in [0.4, 0.5) is 5.82 Å². The van der Waals surface area contributed by atoms with Gasteiger partial charge in [-0.05, 0) is 32.2 Å². The minimum Gasteiger partial charge on any atom is -0.384 e. The van der Waals surface area contributed by atoms with E-state index in [0.717, 1.165) is 17.9 Å². The summed E-state index contributed by atoms with van der Waals surface area (Å²) in [5.41, 5.74) is 6.85. The summed E-state index contributed by atoms with van der Waals surface area (Å²) in [6.45, 7) is 1.18. The number of anilines is 1. The van der Waals surface area contributed by atoms with Gasteiger partial charge in [-0.1, -0.05) is 6.42 Å². The van der Waals surface area contributed by atoms with Gasteiger partial charge in [0, 0.05) is 19.2 Å². The Morgan fingerprint density at radius 2 is 2.47 bits per heavy atom. The van der Waals surface area contributed by atoms with E-state index in [4.69, 9.17) is 5.73 Å². The van der Waals surface area contributed by atoms with Gasteiger partial charge in [-0.15, -0.1) is 0 Å². The molecule has 84 valence electrons. The van der Waals surface area contributed by atoms with Crippen molar-refractivity contribution in [3.63, 3.8) is 0 Å². The van der Waals surface area contributed by atoms with E-state index in [1.807, 2.05) is 13.1 Å². The number of aromatic nitrogens is 2. The average molecular weight is 208 g/mol. The van der Waals surface area contributed by atoms with Gasteiger partial charge in [-0.3, -0.25) is 4.68 Å². The Kier molecular flexibility index (Phi) is 3.26. The van der Waals surface area contributed by atoms with Crippen molar-refractivity contribution in [1.82, 2.24) is 15.1 Å². The number of hydrogen-bond acceptors (Lipinski definition) is 3. The molecular formula is C11H20N4. The lowest BCUT2D eigenvalue weighted by molar-refractivity contribution is 0.381. The lowest BCUT2D eigenvalue weighted by atomic mass is 10.00. The summed E-state index contributed by atoms with van der Waals surface area (Å²) in [7, 11) is 1.89. The summed E-state index contributed by atoms with van der Waals surface area (Å²) in [6.07, 6.45) is 6.20. The van der Waals surface area contributed by atoms with E-state index in [0.29, 0.717) is 6.04 Å². The van der Waals surface area contributed by atoms with Crippen molar-refractivity contribution < 1.29 is 0 Å². The second-order valence-corrected chi connectivity index (χ2v) is 4.37. The number of hydrogen-bond donors (Lipinski definition) is 2. The Morgan fingerprint density at radius 1 is 1.60 bits per heavy atom. The maximum absolute atomic E-state index is 5.73. The molecule has 1 aromatic rings. The van der Waals surface area contributed by atoms with Gasteiger partial charge < -0.3 is 11.1 Å². The first-order valence-electron chi connectivity index (χ1n) is 5.77. The van der Waals surface area contributed by atoms with Gasteiger partial charge >= 0.3 is 0 Å². The van der Waals surface area contributed by atoms with Crippen LogP contribution in [-0.4, -0.2) is 22.4 Å². The zero-order chi connectivity index (χ0) is 10.7. The first-order valence-corrected chi connectivity index (χ1v) is 5.77. The standard InChI is InChI=1S/C11H20N4/c1-15-11(12)8-10(14-15)6-5-9-4-2-3-7-13-9/h8-9,13H,2-7,12H2,1H3. The Labute approximate surface area is 90.8 Å². The van der Waals surface area contributed by atoms with Crippen molar-refractivity contribution in [2.45, 2.75) is 38.1 Å². The normalized spacial score (nSPS) is 21.8. The highest BCUT2D eigenvalue weighted by atomic mass is 15.3. The molecule has 0 aromatic carbocycles. The van der Waals surface area contributed by atoms with Gasteiger partial charge in [0.1, 0.15) is 5.82 Å². The largest absolute Gasteiger partial charge is 0.384 e. The van der Waals surface area contributed by atoms with E-state index in [9.17, 15) is 0 Å². The van der Waals surface area contributed by atoms with Gasteiger partial charge in [0.15, 0.2) is 0 Å². The Morgan fingerprint density at radius 3 is 3.07 bits per heavy atom. The van der Waals surface area contributed by atoms with E-state index in [1.54, 1.807) is 4.68 Å². The molecule has 1 aliphatic heterocycles. The Balaban J connectivity index is 1.81. The molecular weight excluding hydrogens is 188 g/mol. The van der Waals surface area contributed by atoms with Crippen molar-refractivity contribution in [2.75, 3.05) is 12.3 Å². The smallest absolute Gasteiger partial charge is 0.121 e. The van der Waals surface area contributed by atoms with Crippen molar-refractivity contribution in [2.24, 2.45) is 7.05 Å². The molecule has 1 fully saturated rings. The number of nitrogens with zero attached hydrogens (tertiary/aromatic N) is 2. The van der Waals surface area contributed by atoms with E-state index in [-0.39, 0.29) is 0 Å². The van der Waals surface area contributed by atoms with Crippen LogP contribution in [-0.2, 0) is 13.5 Å². The molecule has 0 saturated carbocycles. The molecule has 1 aromatic heterocycles. The maximum Gasteiger partial charge on any atom is 0.121 e. The number of rotatable bonds is 3. The fourth-order valence-electron chi connectivity index (χ4n) is 2.16. The van der Waals surface area contributed by atoms with Crippen LogP contribution in [0.5, 0.6) is 0 Å². The molecule has 1 atom stereocenters. The van der Waals surface area contributed by atoms with Gasteiger partial charge in [0.05, 0.1) is 5.69 Å². The topological polar surface area (TPSA) is 55.9 Å². The number of nitrogen functional groups attached to an aromatic ring is 1. The number of nitrogens with two attached hydrogens (primary N) is 1. The van der Waals surface area contributed by atoms with Gasteiger partial charge in [-0.2, -0.15) is 5.10 Å². The van der Waals surface area contributed by atoms with Crippen LogP contribution in [0.1, 0.15) is 31.4 Å². The second-order valence-electron chi connectivity index (χ2n) is 4.37. The summed E-state index contributed by atoms with van der Waals surface area (Å²) in [4.78, 5) is 0. The molecule has 0 bridgehead atoms. The third-order valence-electron chi connectivity index (χ3n) is 3.13. The average Bonchev–Trinajstić information content (AvgIpc) is 2.57. The van der Waals surface area contributed by atoms with Crippen LogP contribution < -0.4 is 11.1 Å². The van der Waals surface area contributed by atoms with Crippen LogP contribution in [0, 0.1) is 0 Å². The summed E-state index contributed by atoms with van der Waals surface area (Å²) in [5, 5.41) is 7.90. The van der Waals surface area contributed by atoms with Crippen LogP contribution in [0.15, 0.2) is 6.07 Å². The third-order valence-corrected chi connectivity index (χ3v) is 3.13. The molecule has 0 amide bonds. The molecule has 3 N–H and O–H groups in total. The Bertz CT molecular complexity index is 293. The molecule has 2 heterocycles. The monoisotopic (exact) mass is 208 g/mol. The summed E-state index contributed by atoms with van der Waals surface area (Å²) in [5.74, 6) is 0.751. The molecule has 4 heteroatoms.